The highest BCUT2D eigenvalue weighted by Crippen LogP contribution is 2.18. The molecule has 1 aromatic carbocycles. The van der Waals surface area contributed by atoms with Crippen molar-refractivity contribution in [3.05, 3.63) is 52.1 Å². The molecule has 1 N–H and O–H groups in total. The molecule has 0 atom stereocenters. The number of benzene rings is 1. The molecular weight excluding hydrogens is 320 g/mol. The number of aryl methyl sites for hydroxylation is 2. The van der Waals surface area contributed by atoms with Crippen LogP contribution in [0.25, 0.3) is 0 Å². The lowest BCUT2D eigenvalue weighted by molar-refractivity contribution is -0.118. The number of nitrogens with zero attached hydrogens (tertiary/aromatic N) is 1. The van der Waals surface area contributed by atoms with Crippen molar-refractivity contribution in [2.45, 2.75) is 13.8 Å². The highest BCUT2D eigenvalue weighted by atomic mass is 79.9. The van der Waals surface area contributed by atoms with E-state index in [2.05, 4.69) is 26.2 Å². The lowest BCUT2D eigenvalue weighted by Crippen LogP contribution is -2.20. The molecule has 0 saturated heterocycles. The van der Waals surface area contributed by atoms with Crippen LogP contribution in [0.3, 0.4) is 0 Å². The fraction of sp³-hybridized carbons (Fsp3) is 0.200. The number of hydrogen-bond acceptors (Lipinski definition) is 3. The van der Waals surface area contributed by atoms with E-state index in [-0.39, 0.29) is 12.5 Å². The summed E-state index contributed by atoms with van der Waals surface area (Å²) in [5, 5.41) is 2.67. The molecule has 0 spiro atoms. The zero-order valence-corrected chi connectivity index (χ0v) is 12.9. The summed E-state index contributed by atoms with van der Waals surface area (Å²) in [7, 11) is 0. The van der Waals surface area contributed by atoms with Gasteiger partial charge in [-0.15, -0.1) is 0 Å². The van der Waals surface area contributed by atoms with Gasteiger partial charge in [-0.2, -0.15) is 0 Å². The molecule has 0 radical (unpaired) electrons. The number of carbonyl (C=O) groups excluding carboxylic acids is 1. The Morgan fingerprint density at radius 2 is 2.10 bits per heavy atom. The van der Waals surface area contributed by atoms with E-state index in [1.165, 1.54) is 5.56 Å². The Morgan fingerprint density at radius 3 is 2.75 bits per heavy atom. The number of aromatic nitrogens is 1. The molecule has 1 aromatic heterocycles. The van der Waals surface area contributed by atoms with Crippen LogP contribution in [0, 0.1) is 13.8 Å². The molecular formula is C15H15BrN2O2. The zero-order chi connectivity index (χ0) is 14.5. The largest absolute Gasteiger partial charge is 0.483 e. The molecule has 104 valence electrons. The van der Waals surface area contributed by atoms with Crippen LogP contribution in [-0.2, 0) is 4.79 Å². The van der Waals surface area contributed by atoms with Gasteiger partial charge in [-0.25, -0.2) is 4.98 Å². The fourth-order valence-electron chi connectivity index (χ4n) is 1.73. The van der Waals surface area contributed by atoms with Crippen LogP contribution in [0.4, 0.5) is 5.82 Å². The minimum Gasteiger partial charge on any atom is -0.483 e. The van der Waals surface area contributed by atoms with Crippen LogP contribution >= 0.6 is 15.9 Å². The van der Waals surface area contributed by atoms with Gasteiger partial charge in [0.1, 0.15) is 11.6 Å². The van der Waals surface area contributed by atoms with Crippen molar-refractivity contribution < 1.29 is 9.53 Å². The molecule has 0 bridgehead atoms. The Kier molecular flexibility index (Phi) is 4.74. The van der Waals surface area contributed by atoms with Gasteiger partial charge in [-0.1, -0.05) is 17.7 Å². The fourth-order valence-corrected chi connectivity index (χ4v) is 1.97. The summed E-state index contributed by atoms with van der Waals surface area (Å²) in [6.45, 7) is 3.93. The van der Waals surface area contributed by atoms with Gasteiger partial charge in [-0.3, -0.25) is 4.79 Å². The molecule has 0 unspecified atom stereocenters. The highest BCUT2D eigenvalue weighted by Gasteiger charge is 2.06. The normalized spacial score (nSPS) is 10.2. The average molecular weight is 335 g/mol. The number of hydrogen-bond donors (Lipinski definition) is 1. The third-order valence-corrected chi connectivity index (χ3v) is 3.15. The van der Waals surface area contributed by atoms with Gasteiger partial charge < -0.3 is 10.1 Å². The number of pyridine rings is 1. The van der Waals surface area contributed by atoms with E-state index in [1.54, 1.807) is 12.3 Å². The molecule has 1 amide bonds. The molecule has 1 heterocycles. The second-order valence-electron chi connectivity index (χ2n) is 4.47. The summed E-state index contributed by atoms with van der Waals surface area (Å²) in [6, 6.07) is 9.38. The van der Waals surface area contributed by atoms with Crippen molar-refractivity contribution >= 4 is 27.7 Å². The average Bonchev–Trinajstić information content (AvgIpc) is 2.40. The standard InChI is InChI=1S/C15H15BrN2O2/c1-10-3-5-13(11(2)7-10)20-9-15(19)18-14-6-4-12(16)8-17-14/h3-8H,9H2,1-2H3,(H,17,18,19). The van der Waals surface area contributed by atoms with Crippen molar-refractivity contribution in [1.29, 1.82) is 0 Å². The van der Waals surface area contributed by atoms with Crippen LogP contribution in [0.1, 0.15) is 11.1 Å². The van der Waals surface area contributed by atoms with Crippen molar-refractivity contribution in [1.82, 2.24) is 4.98 Å². The quantitative estimate of drug-likeness (QED) is 0.931. The molecule has 2 rings (SSSR count). The van der Waals surface area contributed by atoms with Crippen LogP contribution in [-0.4, -0.2) is 17.5 Å². The lowest BCUT2D eigenvalue weighted by atomic mass is 10.1. The molecule has 0 aliphatic heterocycles. The van der Waals surface area contributed by atoms with Crippen molar-refractivity contribution in [2.75, 3.05) is 11.9 Å². The minimum absolute atomic E-state index is 0.0400. The van der Waals surface area contributed by atoms with Crippen LogP contribution in [0.5, 0.6) is 5.75 Å². The Bertz CT molecular complexity index is 612. The maximum atomic E-state index is 11.8. The Hall–Kier alpha value is -1.88. The summed E-state index contributed by atoms with van der Waals surface area (Å²) in [5.41, 5.74) is 2.18. The molecule has 20 heavy (non-hydrogen) atoms. The molecule has 0 saturated carbocycles. The molecule has 0 aliphatic rings. The third-order valence-electron chi connectivity index (χ3n) is 2.68. The van der Waals surface area contributed by atoms with Crippen LogP contribution in [0.2, 0.25) is 0 Å². The van der Waals surface area contributed by atoms with E-state index >= 15 is 0 Å². The first-order valence-electron chi connectivity index (χ1n) is 6.16. The first-order chi connectivity index (χ1) is 9.54. The van der Waals surface area contributed by atoms with Gasteiger partial charge in [0.15, 0.2) is 6.61 Å². The number of halogens is 1. The van der Waals surface area contributed by atoms with Gasteiger partial charge in [0.2, 0.25) is 0 Å². The minimum atomic E-state index is -0.236. The predicted octanol–water partition coefficient (Wildman–Crippen LogP) is 3.48. The monoisotopic (exact) mass is 334 g/mol. The third kappa shape index (κ3) is 4.06. The summed E-state index contributed by atoms with van der Waals surface area (Å²) in [5.74, 6) is 0.983. The first kappa shape index (κ1) is 14.5. The molecule has 2 aromatic rings. The number of ether oxygens (including phenoxy) is 1. The van der Waals surface area contributed by atoms with E-state index in [9.17, 15) is 4.79 Å². The van der Waals surface area contributed by atoms with E-state index in [1.807, 2.05) is 38.1 Å². The number of anilines is 1. The predicted molar refractivity (Wildman–Crippen MR) is 82.0 cm³/mol. The summed E-state index contributed by atoms with van der Waals surface area (Å²) in [6.07, 6.45) is 1.63. The van der Waals surface area contributed by atoms with Crippen LogP contribution < -0.4 is 10.1 Å². The smallest absolute Gasteiger partial charge is 0.263 e. The highest BCUT2D eigenvalue weighted by molar-refractivity contribution is 9.10. The van der Waals surface area contributed by atoms with Gasteiger partial charge in [-0.05, 0) is 53.5 Å². The first-order valence-corrected chi connectivity index (χ1v) is 6.95. The maximum Gasteiger partial charge on any atom is 0.263 e. The molecule has 0 fully saturated rings. The van der Waals surface area contributed by atoms with Crippen molar-refractivity contribution in [3.63, 3.8) is 0 Å². The van der Waals surface area contributed by atoms with Crippen LogP contribution in [0.15, 0.2) is 41.0 Å². The molecule has 0 aliphatic carbocycles. The van der Waals surface area contributed by atoms with Crippen molar-refractivity contribution in [3.8, 4) is 5.75 Å². The van der Waals surface area contributed by atoms with Crippen molar-refractivity contribution in [2.24, 2.45) is 0 Å². The van der Waals surface area contributed by atoms with E-state index in [4.69, 9.17) is 4.74 Å². The van der Waals surface area contributed by atoms with Gasteiger partial charge in [0, 0.05) is 10.7 Å². The molecule has 5 heteroatoms. The maximum absolute atomic E-state index is 11.8. The zero-order valence-electron chi connectivity index (χ0n) is 11.3. The Labute approximate surface area is 126 Å². The topological polar surface area (TPSA) is 51.2 Å². The summed E-state index contributed by atoms with van der Waals surface area (Å²) in [4.78, 5) is 15.8. The number of carbonyl (C=O) groups is 1. The second kappa shape index (κ2) is 6.52. The Morgan fingerprint density at radius 1 is 1.30 bits per heavy atom. The SMILES string of the molecule is Cc1ccc(OCC(=O)Nc2ccc(Br)cn2)c(C)c1. The van der Waals surface area contributed by atoms with Gasteiger partial charge >= 0.3 is 0 Å². The number of rotatable bonds is 4. The van der Waals surface area contributed by atoms with Gasteiger partial charge in [0.05, 0.1) is 0 Å². The van der Waals surface area contributed by atoms with E-state index in [0.29, 0.717) is 5.82 Å². The Balaban J connectivity index is 1.90. The van der Waals surface area contributed by atoms with E-state index in [0.717, 1.165) is 15.8 Å². The second-order valence-corrected chi connectivity index (χ2v) is 5.38. The summed E-state index contributed by atoms with van der Waals surface area (Å²) < 4.78 is 6.36. The van der Waals surface area contributed by atoms with E-state index < -0.39 is 0 Å². The number of amides is 1. The summed E-state index contributed by atoms with van der Waals surface area (Å²) >= 11 is 3.29. The lowest BCUT2D eigenvalue weighted by Gasteiger charge is -2.09. The number of nitrogens with one attached hydrogen (secondary N) is 1. The van der Waals surface area contributed by atoms with Gasteiger partial charge in [0.25, 0.3) is 5.91 Å². The molecule has 4 nitrogen and oxygen atoms in total.